The van der Waals surface area contributed by atoms with Crippen LogP contribution in [0.2, 0.25) is 0 Å². The van der Waals surface area contributed by atoms with E-state index in [4.69, 9.17) is 4.74 Å². The molecule has 3 rings (SSSR count). The zero-order chi connectivity index (χ0) is 19.1. The van der Waals surface area contributed by atoms with Gasteiger partial charge < -0.3 is 9.84 Å². The molecule has 0 amide bonds. The lowest BCUT2D eigenvalue weighted by Crippen LogP contribution is -2.51. The van der Waals surface area contributed by atoms with Gasteiger partial charge in [-0.1, -0.05) is 56.3 Å². The van der Waals surface area contributed by atoms with Crippen molar-refractivity contribution in [2.75, 3.05) is 6.61 Å². The number of allylic oxidation sites excluding steroid dienone is 2. The number of carbonyl (C=O) groups is 2. The molecule has 0 saturated heterocycles. The fraction of sp³-hybridized carbons (Fsp3) is 0.364. The van der Waals surface area contributed by atoms with Crippen molar-refractivity contribution in [2.45, 2.75) is 39.5 Å². The van der Waals surface area contributed by atoms with Gasteiger partial charge in [-0.15, -0.1) is 0 Å². The first-order chi connectivity index (χ1) is 12.3. The number of esters is 1. The molecule has 2 atom stereocenters. The molecule has 0 spiro atoms. The van der Waals surface area contributed by atoms with Crippen LogP contribution in [0.5, 0.6) is 0 Å². The summed E-state index contributed by atoms with van der Waals surface area (Å²) in [4.78, 5) is 26.0. The predicted octanol–water partition coefficient (Wildman–Crippen LogP) is 4.47. The van der Waals surface area contributed by atoms with E-state index in [1.54, 1.807) is 20.8 Å². The summed E-state index contributed by atoms with van der Waals surface area (Å²) in [5, 5.41) is 12.6. The number of hydrogen-bond donors (Lipinski definition) is 1. The normalized spacial score (nSPS) is 25.8. The van der Waals surface area contributed by atoms with Crippen LogP contribution in [-0.4, -0.2) is 23.5 Å². The lowest BCUT2D eigenvalue weighted by molar-refractivity contribution is -0.162. The van der Waals surface area contributed by atoms with E-state index < -0.39 is 22.6 Å². The third kappa shape index (κ3) is 2.14. The molecule has 0 aliphatic heterocycles. The van der Waals surface area contributed by atoms with E-state index >= 15 is 0 Å². The quantitative estimate of drug-likeness (QED) is 0.651. The Morgan fingerprint density at radius 1 is 1.12 bits per heavy atom. The van der Waals surface area contributed by atoms with Crippen LogP contribution in [0, 0.1) is 5.41 Å². The van der Waals surface area contributed by atoms with Gasteiger partial charge in [0.25, 0.3) is 0 Å². The minimum Gasteiger partial charge on any atom is -0.504 e. The summed E-state index contributed by atoms with van der Waals surface area (Å²) in [6, 6.07) is 13.8. The van der Waals surface area contributed by atoms with Crippen LogP contribution in [0.25, 0.3) is 10.8 Å². The standard InChI is InChI=1S/C22H24O4/c1-5-22(20(25)26-6-2)19(24)18(23)14(3)21(22,4)17-12-11-15-9-7-8-10-16(15)13-17/h7-13,23H,5-6H2,1-4H3/t21-,22+/m1/s1. The van der Waals surface area contributed by atoms with Crippen LogP contribution in [0.15, 0.2) is 53.8 Å². The third-order valence-corrected chi connectivity index (χ3v) is 6.04. The molecular formula is C22H24O4. The molecule has 2 aromatic rings. The first-order valence-electron chi connectivity index (χ1n) is 8.96. The number of aliphatic hydroxyl groups excluding tert-OH is 1. The number of ketones is 1. The first kappa shape index (κ1) is 18.2. The third-order valence-electron chi connectivity index (χ3n) is 6.04. The molecule has 2 aromatic carbocycles. The molecule has 1 aliphatic carbocycles. The molecular weight excluding hydrogens is 328 g/mol. The lowest BCUT2D eigenvalue weighted by atomic mass is 9.58. The minimum atomic E-state index is -1.46. The highest BCUT2D eigenvalue weighted by Gasteiger charge is 2.66. The van der Waals surface area contributed by atoms with Gasteiger partial charge in [0, 0.05) is 5.41 Å². The molecule has 136 valence electrons. The average Bonchev–Trinajstić information content (AvgIpc) is 2.81. The largest absolute Gasteiger partial charge is 0.504 e. The van der Waals surface area contributed by atoms with Gasteiger partial charge in [0.15, 0.2) is 5.76 Å². The SMILES string of the molecule is CCOC(=O)[C@]1(CC)C(=O)C(O)=C(C)[C@]1(C)c1ccc2ccccc2c1. The lowest BCUT2D eigenvalue weighted by Gasteiger charge is -2.41. The van der Waals surface area contributed by atoms with Crippen LogP contribution in [0.1, 0.15) is 39.7 Å². The second-order valence-corrected chi connectivity index (χ2v) is 6.97. The monoisotopic (exact) mass is 352 g/mol. The highest BCUT2D eigenvalue weighted by Crippen LogP contribution is 2.57. The summed E-state index contributed by atoms with van der Waals surface area (Å²) in [5.41, 5.74) is -1.10. The summed E-state index contributed by atoms with van der Waals surface area (Å²) in [6.45, 7) is 7.27. The first-order valence-corrected chi connectivity index (χ1v) is 8.96. The zero-order valence-corrected chi connectivity index (χ0v) is 15.6. The average molecular weight is 352 g/mol. The molecule has 1 N–H and O–H groups in total. The number of Topliss-reactive ketones (excluding diaryl/α,β-unsaturated/α-hetero) is 1. The zero-order valence-electron chi connectivity index (χ0n) is 15.6. The fourth-order valence-corrected chi connectivity index (χ4v) is 4.33. The number of rotatable bonds is 4. The number of carbonyl (C=O) groups excluding carboxylic acids is 2. The van der Waals surface area contributed by atoms with Crippen molar-refractivity contribution in [3.63, 3.8) is 0 Å². The van der Waals surface area contributed by atoms with Crippen molar-refractivity contribution >= 4 is 22.5 Å². The maximum atomic E-state index is 13.0. The summed E-state index contributed by atoms with van der Waals surface area (Å²) in [5.74, 6) is -1.45. The second-order valence-electron chi connectivity index (χ2n) is 6.97. The van der Waals surface area contributed by atoms with E-state index in [1.165, 1.54) is 0 Å². The number of benzene rings is 2. The van der Waals surface area contributed by atoms with Gasteiger partial charge in [0.05, 0.1) is 6.61 Å². The van der Waals surface area contributed by atoms with Crippen molar-refractivity contribution < 1.29 is 19.4 Å². The Labute approximate surface area is 153 Å². The molecule has 4 nitrogen and oxygen atoms in total. The summed E-state index contributed by atoms with van der Waals surface area (Å²) < 4.78 is 5.29. The molecule has 0 radical (unpaired) electrons. The van der Waals surface area contributed by atoms with Gasteiger partial charge in [-0.25, -0.2) is 0 Å². The van der Waals surface area contributed by atoms with Gasteiger partial charge in [-0.05, 0) is 42.2 Å². The topological polar surface area (TPSA) is 63.6 Å². The van der Waals surface area contributed by atoms with Crippen molar-refractivity contribution in [2.24, 2.45) is 5.41 Å². The highest BCUT2D eigenvalue weighted by atomic mass is 16.5. The van der Waals surface area contributed by atoms with E-state index in [2.05, 4.69) is 0 Å². The number of aliphatic hydroxyl groups is 1. The molecule has 0 fully saturated rings. The number of ether oxygens (including phenoxy) is 1. The van der Waals surface area contributed by atoms with Gasteiger partial charge >= 0.3 is 5.97 Å². The molecule has 0 unspecified atom stereocenters. The summed E-state index contributed by atoms with van der Waals surface area (Å²) in [7, 11) is 0. The van der Waals surface area contributed by atoms with E-state index in [9.17, 15) is 14.7 Å². The Morgan fingerprint density at radius 3 is 2.38 bits per heavy atom. The summed E-state index contributed by atoms with van der Waals surface area (Å²) >= 11 is 0. The molecule has 1 aliphatic rings. The smallest absolute Gasteiger partial charge is 0.321 e. The van der Waals surface area contributed by atoms with Crippen molar-refractivity contribution in [1.82, 2.24) is 0 Å². The Kier molecular flexibility index (Phi) is 4.39. The molecule has 0 aromatic heterocycles. The predicted molar refractivity (Wildman–Crippen MR) is 101 cm³/mol. The van der Waals surface area contributed by atoms with Crippen LogP contribution >= 0.6 is 0 Å². The van der Waals surface area contributed by atoms with Crippen molar-refractivity contribution in [3.05, 3.63) is 59.4 Å². The summed E-state index contributed by atoms with van der Waals surface area (Å²) in [6.07, 6.45) is 0.245. The number of hydrogen-bond acceptors (Lipinski definition) is 4. The second kappa shape index (κ2) is 6.27. The highest BCUT2D eigenvalue weighted by molar-refractivity contribution is 6.16. The van der Waals surface area contributed by atoms with E-state index in [0.29, 0.717) is 5.57 Å². The fourth-order valence-electron chi connectivity index (χ4n) is 4.33. The molecule has 26 heavy (non-hydrogen) atoms. The van der Waals surface area contributed by atoms with Gasteiger partial charge in [0.1, 0.15) is 5.41 Å². The van der Waals surface area contributed by atoms with Crippen LogP contribution < -0.4 is 0 Å². The number of fused-ring (bicyclic) bond motifs is 1. The minimum absolute atomic E-state index is 0.182. The van der Waals surface area contributed by atoms with E-state index in [-0.39, 0.29) is 18.8 Å². The van der Waals surface area contributed by atoms with Crippen molar-refractivity contribution in [3.8, 4) is 0 Å². The molecule has 4 heteroatoms. The molecule has 0 bridgehead atoms. The van der Waals surface area contributed by atoms with Crippen LogP contribution in [0.4, 0.5) is 0 Å². The van der Waals surface area contributed by atoms with Gasteiger partial charge in [0.2, 0.25) is 5.78 Å². The molecule has 0 saturated carbocycles. The Hall–Kier alpha value is -2.62. The van der Waals surface area contributed by atoms with E-state index in [0.717, 1.165) is 16.3 Å². The Bertz CT molecular complexity index is 927. The molecule has 0 heterocycles. The van der Waals surface area contributed by atoms with E-state index in [1.807, 2.05) is 49.4 Å². The van der Waals surface area contributed by atoms with Gasteiger partial charge in [-0.2, -0.15) is 0 Å². The Balaban J connectivity index is 2.30. The van der Waals surface area contributed by atoms with Crippen LogP contribution in [-0.2, 0) is 19.7 Å². The maximum Gasteiger partial charge on any atom is 0.321 e. The Morgan fingerprint density at radius 2 is 1.77 bits per heavy atom. The van der Waals surface area contributed by atoms with Gasteiger partial charge in [-0.3, -0.25) is 9.59 Å². The maximum absolute atomic E-state index is 13.0. The van der Waals surface area contributed by atoms with Crippen LogP contribution in [0.3, 0.4) is 0 Å². The van der Waals surface area contributed by atoms with Crippen molar-refractivity contribution in [1.29, 1.82) is 0 Å².